The molecule has 1 heterocycles. The lowest BCUT2D eigenvalue weighted by molar-refractivity contribution is -0.137. The zero-order valence-electron chi connectivity index (χ0n) is 13.7. The highest BCUT2D eigenvalue weighted by atomic mass is 19.4. The van der Waals surface area contributed by atoms with Crippen molar-refractivity contribution in [2.75, 3.05) is 13.2 Å². The molecule has 140 valence electrons. The van der Waals surface area contributed by atoms with E-state index in [2.05, 4.69) is 5.32 Å². The average Bonchev–Trinajstić information content (AvgIpc) is 3.22. The number of hydrogen-bond donors (Lipinski definition) is 2. The number of benzene rings is 1. The van der Waals surface area contributed by atoms with E-state index in [0.29, 0.717) is 6.42 Å². The maximum Gasteiger partial charge on any atom is 0.416 e. The molecule has 5 nitrogen and oxygen atoms in total. The number of carbonyl (C=O) groups excluding carboxylic acids is 1. The molecule has 1 amide bonds. The molecule has 1 saturated carbocycles. The molecule has 0 aliphatic heterocycles. The molecule has 1 aliphatic rings. The van der Waals surface area contributed by atoms with Gasteiger partial charge in [0.05, 0.1) is 11.8 Å². The number of carbonyl (C=O) groups is 1. The van der Waals surface area contributed by atoms with Crippen molar-refractivity contribution in [3.8, 4) is 5.75 Å². The Labute approximate surface area is 147 Å². The summed E-state index contributed by atoms with van der Waals surface area (Å²) in [5.74, 6) is 0.453. The molecule has 0 bridgehead atoms. The quantitative estimate of drug-likeness (QED) is 0.787. The van der Waals surface area contributed by atoms with Crippen molar-refractivity contribution < 1.29 is 32.2 Å². The van der Waals surface area contributed by atoms with Gasteiger partial charge in [-0.1, -0.05) is 6.07 Å². The van der Waals surface area contributed by atoms with E-state index in [9.17, 15) is 23.1 Å². The molecule has 8 heteroatoms. The van der Waals surface area contributed by atoms with Crippen LogP contribution in [0.1, 0.15) is 23.7 Å². The fourth-order valence-corrected chi connectivity index (χ4v) is 2.66. The molecule has 1 aromatic heterocycles. The van der Waals surface area contributed by atoms with E-state index in [4.69, 9.17) is 9.15 Å². The van der Waals surface area contributed by atoms with E-state index in [1.165, 1.54) is 12.1 Å². The van der Waals surface area contributed by atoms with Crippen LogP contribution in [0.3, 0.4) is 0 Å². The van der Waals surface area contributed by atoms with Gasteiger partial charge in [-0.05, 0) is 36.8 Å². The van der Waals surface area contributed by atoms with Gasteiger partial charge in [0, 0.05) is 18.4 Å². The molecule has 1 aromatic carbocycles. The number of nitrogens with one attached hydrogen (secondary N) is 1. The number of hydrogen-bond acceptors (Lipinski definition) is 4. The maximum absolute atomic E-state index is 12.6. The Bertz CT molecular complexity index is 745. The molecule has 2 N–H and O–H groups in total. The van der Waals surface area contributed by atoms with E-state index in [1.54, 1.807) is 12.3 Å². The monoisotopic (exact) mass is 369 g/mol. The van der Waals surface area contributed by atoms with Gasteiger partial charge in [-0.25, -0.2) is 0 Å². The number of alkyl halides is 3. The molecule has 3 rings (SSSR count). The van der Waals surface area contributed by atoms with Crippen molar-refractivity contribution in [3.05, 3.63) is 54.0 Å². The standard InChI is InChI=1S/C18H18F3NO4/c19-18(20,21)11-3-1-4-13(7-11)26-10-12(23)9-22-17(24)15-8-14(15)16-5-2-6-25-16/h1-7,12,14-15,23H,8-10H2,(H,22,24)/t12-,14-,15-/m0/s1. The zero-order chi connectivity index (χ0) is 18.7. The average molecular weight is 369 g/mol. The number of ether oxygens (including phenoxy) is 1. The molecule has 0 spiro atoms. The highest BCUT2D eigenvalue weighted by molar-refractivity contribution is 5.82. The minimum absolute atomic E-state index is 0.00489. The molecule has 0 saturated heterocycles. The Kier molecular flexibility index (Phi) is 5.22. The van der Waals surface area contributed by atoms with Crippen LogP contribution in [0.4, 0.5) is 13.2 Å². The van der Waals surface area contributed by atoms with Gasteiger partial charge in [-0.15, -0.1) is 0 Å². The van der Waals surface area contributed by atoms with Crippen LogP contribution in [-0.2, 0) is 11.0 Å². The largest absolute Gasteiger partial charge is 0.491 e. The number of furan rings is 1. The van der Waals surface area contributed by atoms with Crippen LogP contribution in [0, 0.1) is 5.92 Å². The summed E-state index contributed by atoms with van der Waals surface area (Å²) in [6.07, 6.45) is -3.25. The number of aliphatic hydroxyl groups is 1. The molecule has 1 fully saturated rings. The summed E-state index contributed by atoms with van der Waals surface area (Å²) in [7, 11) is 0. The van der Waals surface area contributed by atoms with Gasteiger partial charge in [0.2, 0.25) is 5.91 Å². The third-order valence-corrected chi connectivity index (χ3v) is 4.15. The lowest BCUT2D eigenvalue weighted by atomic mass is 10.2. The van der Waals surface area contributed by atoms with Crippen LogP contribution < -0.4 is 10.1 Å². The van der Waals surface area contributed by atoms with E-state index in [-0.39, 0.29) is 36.6 Å². The van der Waals surface area contributed by atoms with Gasteiger partial charge in [-0.2, -0.15) is 13.2 Å². The van der Waals surface area contributed by atoms with Crippen molar-refractivity contribution in [3.63, 3.8) is 0 Å². The Morgan fingerprint density at radius 1 is 1.35 bits per heavy atom. The van der Waals surface area contributed by atoms with Crippen LogP contribution in [0.2, 0.25) is 0 Å². The van der Waals surface area contributed by atoms with Crippen LogP contribution in [0.5, 0.6) is 5.75 Å². The summed E-state index contributed by atoms with van der Waals surface area (Å²) in [6, 6.07) is 7.98. The van der Waals surface area contributed by atoms with Crippen molar-refractivity contribution in [1.29, 1.82) is 0 Å². The Morgan fingerprint density at radius 3 is 2.85 bits per heavy atom. The molecule has 0 radical (unpaired) electrons. The smallest absolute Gasteiger partial charge is 0.416 e. The van der Waals surface area contributed by atoms with Crippen molar-refractivity contribution in [2.24, 2.45) is 5.92 Å². The highest BCUT2D eigenvalue weighted by Crippen LogP contribution is 2.47. The zero-order valence-corrected chi connectivity index (χ0v) is 13.7. The van der Waals surface area contributed by atoms with E-state index >= 15 is 0 Å². The lowest BCUT2D eigenvalue weighted by Gasteiger charge is -2.14. The van der Waals surface area contributed by atoms with Crippen LogP contribution in [0.15, 0.2) is 47.1 Å². The topological polar surface area (TPSA) is 71.7 Å². The second-order valence-corrected chi connectivity index (χ2v) is 6.20. The van der Waals surface area contributed by atoms with E-state index in [1.807, 2.05) is 6.07 Å². The molecular weight excluding hydrogens is 351 g/mol. The number of amides is 1. The van der Waals surface area contributed by atoms with Gasteiger partial charge >= 0.3 is 6.18 Å². The molecule has 0 unspecified atom stereocenters. The van der Waals surface area contributed by atoms with Gasteiger partial charge < -0.3 is 19.6 Å². The predicted octanol–water partition coefficient (Wildman–Crippen LogP) is 2.96. The third-order valence-electron chi connectivity index (χ3n) is 4.15. The van der Waals surface area contributed by atoms with Crippen molar-refractivity contribution in [1.82, 2.24) is 5.32 Å². The summed E-state index contributed by atoms with van der Waals surface area (Å²) in [4.78, 5) is 12.0. The molecule has 2 aromatic rings. The number of halogens is 3. The number of rotatable bonds is 7. The summed E-state index contributed by atoms with van der Waals surface area (Å²) in [5, 5.41) is 12.5. The minimum atomic E-state index is -4.46. The fraction of sp³-hybridized carbons (Fsp3) is 0.389. The van der Waals surface area contributed by atoms with Gasteiger partial charge in [-0.3, -0.25) is 4.79 Å². The van der Waals surface area contributed by atoms with Gasteiger partial charge in [0.15, 0.2) is 0 Å². The Hall–Kier alpha value is -2.48. The first-order valence-electron chi connectivity index (χ1n) is 8.14. The highest BCUT2D eigenvalue weighted by Gasteiger charge is 2.45. The summed E-state index contributed by atoms with van der Waals surface area (Å²) in [6.45, 7) is -0.271. The normalized spacial score (nSPS) is 20.5. The fourth-order valence-electron chi connectivity index (χ4n) is 2.66. The van der Waals surface area contributed by atoms with Gasteiger partial charge in [0.25, 0.3) is 0 Å². The third kappa shape index (κ3) is 4.57. The second kappa shape index (κ2) is 7.41. The van der Waals surface area contributed by atoms with Gasteiger partial charge in [0.1, 0.15) is 24.2 Å². The maximum atomic E-state index is 12.6. The van der Waals surface area contributed by atoms with Crippen LogP contribution >= 0.6 is 0 Å². The molecule has 26 heavy (non-hydrogen) atoms. The Balaban J connectivity index is 1.41. The van der Waals surface area contributed by atoms with E-state index < -0.39 is 17.8 Å². The molecule has 3 atom stereocenters. The molecule has 1 aliphatic carbocycles. The van der Waals surface area contributed by atoms with Crippen molar-refractivity contribution >= 4 is 5.91 Å². The second-order valence-electron chi connectivity index (χ2n) is 6.20. The van der Waals surface area contributed by atoms with E-state index in [0.717, 1.165) is 17.9 Å². The van der Waals surface area contributed by atoms with Crippen LogP contribution in [0.25, 0.3) is 0 Å². The Morgan fingerprint density at radius 2 is 2.15 bits per heavy atom. The predicted molar refractivity (Wildman–Crippen MR) is 85.5 cm³/mol. The summed E-state index contributed by atoms with van der Waals surface area (Å²) in [5.41, 5.74) is -0.824. The first kappa shape index (κ1) is 18.3. The first-order chi connectivity index (χ1) is 12.3. The SMILES string of the molecule is O=C(NC[C@H](O)COc1cccc(C(F)(F)F)c1)[C@H]1C[C@@H]1c1ccco1. The lowest BCUT2D eigenvalue weighted by Crippen LogP contribution is -2.36. The summed E-state index contributed by atoms with van der Waals surface area (Å²) >= 11 is 0. The summed E-state index contributed by atoms with van der Waals surface area (Å²) < 4.78 is 48.3. The van der Waals surface area contributed by atoms with Crippen LogP contribution in [-0.4, -0.2) is 30.3 Å². The minimum Gasteiger partial charge on any atom is -0.491 e. The first-order valence-corrected chi connectivity index (χ1v) is 8.14. The number of aliphatic hydroxyl groups excluding tert-OH is 1. The molecular formula is C18H18F3NO4. The van der Waals surface area contributed by atoms with Crippen molar-refractivity contribution in [2.45, 2.75) is 24.6 Å².